The van der Waals surface area contributed by atoms with Crippen LogP contribution in [0.2, 0.25) is 0 Å². The van der Waals surface area contributed by atoms with Gasteiger partial charge < -0.3 is 15.8 Å². The van der Waals surface area contributed by atoms with Crippen molar-refractivity contribution in [1.29, 1.82) is 0 Å². The van der Waals surface area contributed by atoms with Gasteiger partial charge in [0.2, 0.25) is 5.91 Å². The molecule has 3 N–H and O–H groups in total. The van der Waals surface area contributed by atoms with Gasteiger partial charge in [0.05, 0.1) is 19.2 Å². The van der Waals surface area contributed by atoms with Crippen LogP contribution in [0.1, 0.15) is 31.9 Å². The lowest BCUT2D eigenvalue weighted by Gasteiger charge is -2.17. The Morgan fingerprint density at radius 3 is 2.72 bits per heavy atom. The van der Waals surface area contributed by atoms with E-state index >= 15 is 0 Å². The van der Waals surface area contributed by atoms with E-state index < -0.39 is 11.9 Å². The predicted molar refractivity (Wildman–Crippen MR) is 67.8 cm³/mol. The first kappa shape index (κ1) is 14.4. The summed E-state index contributed by atoms with van der Waals surface area (Å²) in [4.78, 5) is 11.6. The van der Waals surface area contributed by atoms with Gasteiger partial charge in [0, 0.05) is 0 Å². The smallest absolute Gasteiger partial charge is 0.237 e. The Hall–Kier alpha value is -1.62. The molecule has 2 atom stereocenters. The van der Waals surface area contributed by atoms with Crippen molar-refractivity contribution in [2.45, 2.75) is 32.4 Å². The van der Waals surface area contributed by atoms with Crippen LogP contribution in [0, 0.1) is 5.82 Å². The molecule has 4 nitrogen and oxygen atoms in total. The quantitative estimate of drug-likeness (QED) is 0.841. The maximum absolute atomic E-state index is 13.5. The van der Waals surface area contributed by atoms with Gasteiger partial charge in [-0.05, 0) is 31.0 Å². The molecule has 1 aromatic carbocycles. The van der Waals surface area contributed by atoms with Crippen LogP contribution in [0.5, 0.6) is 5.75 Å². The number of hydrogen-bond acceptors (Lipinski definition) is 3. The van der Waals surface area contributed by atoms with Crippen molar-refractivity contribution in [1.82, 2.24) is 5.32 Å². The summed E-state index contributed by atoms with van der Waals surface area (Å²) in [6, 6.07) is 3.77. The minimum atomic E-state index is -0.532. The number of nitrogens with two attached hydrogens (primary N) is 1. The van der Waals surface area contributed by atoms with E-state index in [9.17, 15) is 9.18 Å². The van der Waals surface area contributed by atoms with E-state index in [1.54, 1.807) is 13.0 Å². The maximum atomic E-state index is 13.5. The standard InChI is InChI=1S/C13H19FN2O2/c1-4-11(15)13(17)16-8(2)9-5-6-12(18-3)10(14)7-9/h5-8,11H,4,15H2,1-3H3,(H,16,17)/t8?,11-/m0/s1. The Labute approximate surface area is 106 Å². The molecule has 0 aliphatic carbocycles. The third-order valence-corrected chi connectivity index (χ3v) is 2.81. The second kappa shape index (κ2) is 6.35. The monoisotopic (exact) mass is 254 g/mol. The Balaban J connectivity index is 2.75. The number of amides is 1. The lowest BCUT2D eigenvalue weighted by Crippen LogP contribution is -2.41. The summed E-state index contributed by atoms with van der Waals surface area (Å²) in [5.74, 6) is -0.500. The second-order valence-electron chi connectivity index (χ2n) is 4.14. The van der Waals surface area contributed by atoms with Crippen LogP contribution in [0.4, 0.5) is 4.39 Å². The summed E-state index contributed by atoms with van der Waals surface area (Å²) in [7, 11) is 1.41. The largest absolute Gasteiger partial charge is 0.494 e. The van der Waals surface area contributed by atoms with Crippen molar-refractivity contribution < 1.29 is 13.9 Å². The van der Waals surface area contributed by atoms with Crippen LogP contribution in [-0.2, 0) is 4.79 Å². The summed E-state index contributed by atoms with van der Waals surface area (Å²) >= 11 is 0. The minimum Gasteiger partial charge on any atom is -0.494 e. The second-order valence-corrected chi connectivity index (χ2v) is 4.14. The summed E-state index contributed by atoms with van der Waals surface area (Å²) in [5, 5.41) is 2.74. The molecule has 0 saturated carbocycles. The van der Waals surface area contributed by atoms with Crippen molar-refractivity contribution in [3.8, 4) is 5.75 Å². The Morgan fingerprint density at radius 1 is 1.56 bits per heavy atom. The number of nitrogens with one attached hydrogen (secondary N) is 1. The molecule has 0 bridgehead atoms. The summed E-state index contributed by atoms with van der Waals surface area (Å²) in [6.45, 7) is 3.61. The molecule has 0 saturated heterocycles. The van der Waals surface area contributed by atoms with Crippen LogP contribution in [0.3, 0.4) is 0 Å². The van der Waals surface area contributed by atoms with E-state index in [1.165, 1.54) is 19.2 Å². The molecule has 0 aromatic heterocycles. The third-order valence-electron chi connectivity index (χ3n) is 2.81. The highest BCUT2D eigenvalue weighted by Gasteiger charge is 2.16. The van der Waals surface area contributed by atoms with Gasteiger partial charge in [-0.2, -0.15) is 0 Å². The normalized spacial score (nSPS) is 13.8. The Kier molecular flexibility index (Phi) is 5.09. The van der Waals surface area contributed by atoms with Gasteiger partial charge in [-0.15, -0.1) is 0 Å². The molecule has 0 aliphatic rings. The molecule has 1 aromatic rings. The van der Waals surface area contributed by atoms with Gasteiger partial charge in [-0.3, -0.25) is 4.79 Å². The molecule has 1 unspecified atom stereocenters. The van der Waals surface area contributed by atoms with E-state index in [-0.39, 0.29) is 17.7 Å². The topological polar surface area (TPSA) is 64.4 Å². The molecule has 0 spiro atoms. The highest BCUT2D eigenvalue weighted by molar-refractivity contribution is 5.81. The van der Waals surface area contributed by atoms with Crippen molar-refractivity contribution in [2.24, 2.45) is 5.73 Å². The van der Waals surface area contributed by atoms with Crippen LogP contribution in [-0.4, -0.2) is 19.1 Å². The zero-order valence-electron chi connectivity index (χ0n) is 10.9. The first-order valence-corrected chi connectivity index (χ1v) is 5.89. The molecule has 0 heterocycles. The van der Waals surface area contributed by atoms with Gasteiger partial charge in [0.25, 0.3) is 0 Å². The van der Waals surface area contributed by atoms with Gasteiger partial charge in [-0.1, -0.05) is 13.0 Å². The van der Waals surface area contributed by atoms with E-state index in [1.807, 2.05) is 6.92 Å². The van der Waals surface area contributed by atoms with E-state index in [0.29, 0.717) is 12.0 Å². The number of halogens is 1. The lowest BCUT2D eigenvalue weighted by molar-refractivity contribution is -0.123. The van der Waals surface area contributed by atoms with E-state index in [2.05, 4.69) is 5.32 Å². The number of carbonyl (C=O) groups is 1. The molecular weight excluding hydrogens is 235 g/mol. The molecular formula is C13H19FN2O2. The summed E-state index contributed by atoms with van der Waals surface area (Å²) in [5.41, 5.74) is 6.28. The average molecular weight is 254 g/mol. The number of rotatable bonds is 5. The molecule has 100 valence electrons. The predicted octanol–water partition coefficient (Wildman–Crippen LogP) is 1.75. The maximum Gasteiger partial charge on any atom is 0.237 e. The zero-order valence-corrected chi connectivity index (χ0v) is 10.9. The van der Waals surface area contributed by atoms with E-state index in [0.717, 1.165) is 0 Å². The van der Waals surface area contributed by atoms with Crippen LogP contribution < -0.4 is 15.8 Å². The first-order valence-electron chi connectivity index (χ1n) is 5.89. The Morgan fingerprint density at radius 2 is 2.22 bits per heavy atom. The molecule has 0 radical (unpaired) electrons. The number of benzene rings is 1. The molecule has 1 amide bonds. The third kappa shape index (κ3) is 3.43. The highest BCUT2D eigenvalue weighted by Crippen LogP contribution is 2.21. The molecule has 0 aliphatic heterocycles. The molecule has 5 heteroatoms. The number of methoxy groups -OCH3 is 1. The van der Waals surface area contributed by atoms with Gasteiger partial charge in [0.15, 0.2) is 11.6 Å². The minimum absolute atomic E-state index is 0.183. The fourth-order valence-electron chi connectivity index (χ4n) is 1.54. The van der Waals surface area contributed by atoms with Crippen LogP contribution in [0.25, 0.3) is 0 Å². The number of ether oxygens (including phenoxy) is 1. The summed E-state index contributed by atoms with van der Waals surface area (Å²) in [6.07, 6.45) is 0.565. The van der Waals surface area contributed by atoms with Gasteiger partial charge in [-0.25, -0.2) is 4.39 Å². The van der Waals surface area contributed by atoms with Crippen LogP contribution >= 0.6 is 0 Å². The zero-order chi connectivity index (χ0) is 13.7. The fraction of sp³-hybridized carbons (Fsp3) is 0.462. The molecule has 0 fully saturated rings. The number of hydrogen-bond donors (Lipinski definition) is 2. The van der Waals surface area contributed by atoms with Gasteiger partial charge >= 0.3 is 0 Å². The fourth-order valence-corrected chi connectivity index (χ4v) is 1.54. The molecule has 1 rings (SSSR count). The van der Waals surface area contributed by atoms with E-state index in [4.69, 9.17) is 10.5 Å². The SMILES string of the molecule is CC[C@H](N)C(=O)NC(C)c1ccc(OC)c(F)c1. The van der Waals surface area contributed by atoms with Crippen molar-refractivity contribution in [3.05, 3.63) is 29.6 Å². The molecule has 18 heavy (non-hydrogen) atoms. The average Bonchev–Trinajstić information content (AvgIpc) is 2.37. The first-order chi connectivity index (χ1) is 8.49. The van der Waals surface area contributed by atoms with Crippen molar-refractivity contribution >= 4 is 5.91 Å². The summed E-state index contributed by atoms with van der Waals surface area (Å²) < 4.78 is 18.3. The van der Waals surface area contributed by atoms with Crippen molar-refractivity contribution in [3.63, 3.8) is 0 Å². The van der Waals surface area contributed by atoms with Gasteiger partial charge in [0.1, 0.15) is 0 Å². The van der Waals surface area contributed by atoms with Crippen LogP contribution in [0.15, 0.2) is 18.2 Å². The Bertz CT molecular complexity index is 423. The highest BCUT2D eigenvalue weighted by atomic mass is 19.1. The van der Waals surface area contributed by atoms with Crippen molar-refractivity contribution in [2.75, 3.05) is 7.11 Å². The number of carbonyl (C=O) groups excluding carboxylic acids is 1. The lowest BCUT2D eigenvalue weighted by atomic mass is 10.1.